The van der Waals surface area contributed by atoms with Crippen LogP contribution in [-0.4, -0.2) is 50.8 Å². The molecular formula is C33H57N5O5. The summed E-state index contributed by atoms with van der Waals surface area (Å²) in [5.41, 5.74) is 6.91. The summed E-state index contributed by atoms with van der Waals surface area (Å²) in [7, 11) is 0. The number of hydrogen-bond acceptors (Lipinski definition) is 9. The third-order valence-corrected chi connectivity index (χ3v) is 7.71. The Hall–Kier alpha value is -2.75. The second kappa shape index (κ2) is 23.7. The fourth-order valence-corrected chi connectivity index (χ4v) is 5.00. The van der Waals surface area contributed by atoms with E-state index in [0.717, 1.165) is 38.5 Å². The number of nitrogens with zero attached hydrogens (tertiary/aromatic N) is 4. The Labute approximate surface area is 258 Å². The van der Waals surface area contributed by atoms with E-state index in [1.165, 1.54) is 83.4 Å². The van der Waals surface area contributed by atoms with Gasteiger partial charge in [0, 0.05) is 12.8 Å². The van der Waals surface area contributed by atoms with Crippen LogP contribution in [0.25, 0.3) is 11.2 Å². The predicted molar refractivity (Wildman–Crippen MR) is 170 cm³/mol. The molecule has 2 aromatic heterocycles. The van der Waals surface area contributed by atoms with E-state index in [1.807, 2.05) is 0 Å². The predicted octanol–water partition coefficient (Wildman–Crippen LogP) is 7.68. The summed E-state index contributed by atoms with van der Waals surface area (Å²) in [6.45, 7) is 4.56. The van der Waals surface area contributed by atoms with Crippen molar-refractivity contribution in [3.8, 4) is 0 Å². The minimum atomic E-state index is -0.615. The molecule has 2 aromatic rings. The molecule has 0 fully saturated rings. The highest BCUT2D eigenvalue weighted by atomic mass is 16.6. The molecule has 0 spiro atoms. The largest absolute Gasteiger partial charge is 0.463 e. The molecule has 0 unspecified atom stereocenters. The number of unbranched alkanes of at least 4 members (excludes halogenated alkanes) is 16. The van der Waals surface area contributed by atoms with Gasteiger partial charge in [-0.25, -0.2) is 15.0 Å². The third-order valence-electron chi connectivity index (χ3n) is 7.71. The van der Waals surface area contributed by atoms with E-state index in [2.05, 4.69) is 28.8 Å². The van der Waals surface area contributed by atoms with Crippen LogP contribution >= 0.6 is 0 Å². The summed E-state index contributed by atoms with van der Waals surface area (Å²) in [6, 6.07) is 0. The number of hydrogen-bond donors (Lipinski definition) is 1. The van der Waals surface area contributed by atoms with E-state index in [9.17, 15) is 9.59 Å². The number of imidazole rings is 1. The van der Waals surface area contributed by atoms with Crippen molar-refractivity contribution in [2.75, 3.05) is 18.9 Å². The fraction of sp³-hybridized carbons (Fsp3) is 0.788. The molecule has 0 aliphatic heterocycles. The van der Waals surface area contributed by atoms with Crippen LogP contribution in [0.5, 0.6) is 0 Å². The number of carbonyl (C=O) groups is 2. The van der Waals surface area contributed by atoms with Gasteiger partial charge in [0.25, 0.3) is 0 Å². The number of fused-ring (bicyclic) bond motifs is 1. The molecule has 43 heavy (non-hydrogen) atoms. The Kier molecular flexibility index (Phi) is 20.1. The van der Waals surface area contributed by atoms with Gasteiger partial charge in [-0.3, -0.25) is 14.2 Å². The van der Waals surface area contributed by atoms with Crippen LogP contribution in [0.15, 0.2) is 12.7 Å². The molecule has 0 saturated heterocycles. The average Bonchev–Trinajstić information content (AvgIpc) is 3.43. The molecule has 2 rings (SSSR count). The van der Waals surface area contributed by atoms with Crippen LogP contribution in [-0.2, 0) is 30.5 Å². The molecule has 0 aliphatic rings. The number of esters is 2. The molecule has 0 atom stereocenters. The van der Waals surface area contributed by atoms with Crippen LogP contribution in [0, 0.1) is 0 Å². The highest BCUT2D eigenvalue weighted by Gasteiger charge is 2.17. The van der Waals surface area contributed by atoms with Gasteiger partial charge in [-0.05, 0) is 12.8 Å². The monoisotopic (exact) mass is 603 g/mol. The zero-order valence-electron chi connectivity index (χ0n) is 26.9. The minimum Gasteiger partial charge on any atom is -0.463 e. The number of rotatable bonds is 27. The van der Waals surface area contributed by atoms with Gasteiger partial charge in [-0.15, -0.1) is 0 Å². The molecular weight excluding hydrogens is 546 g/mol. The number of nitrogen functional groups attached to an aromatic ring is 1. The van der Waals surface area contributed by atoms with Crippen molar-refractivity contribution in [1.82, 2.24) is 19.5 Å². The van der Waals surface area contributed by atoms with Gasteiger partial charge in [0.1, 0.15) is 37.9 Å². The Balaban J connectivity index is 1.72. The Morgan fingerprint density at radius 1 is 0.698 bits per heavy atom. The van der Waals surface area contributed by atoms with E-state index in [1.54, 1.807) is 10.9 Å². The zero-order chi connectivity index (χ0) is 31.0. The molecule has 10 heteroatoms. The van der Waals surface area contributed by atoms with Crippen molar-refractivity contribution in [3.05, 3.63) is 12.7 Å². The number of ether oxygens (including phenoxy) is 3. The second-order valence-electron chi connectivity index (χ2n) is 11.6. The Morgan fingerprint density at radius 3 is 1.65 bits per heavy atom. The van der Waals surface area contributed by atoms with Crippen molar-refractivity contribution in [2.24, 2.45) is 0 Å². The highest BCUT2D eigenvalue weighted by Crippen LogP contribution is 2.16. The lowest BCUT2D eigenvalue weighted by molar-refractivity contribution is -0.157. The van der Waals surface area contributed by atoms with Gasteiger partial charge in [0.2, 0.25) is 0 Å². The summed E-state index contributed by atoms with van der Waals surface area (Å²) >= 11 is 0. The molecule has 0 saturated carbocycles. The number of aromatic nitrogens is 4. The lowest BCUT2D eigenvalue weighted by Gasteiger charge is -2.18. The standard InChI is InChI=1S/C33H57N5O5/c1-3-5-7-9-11-13-15-17-19-21-29(39)41-23-28(43-27-38-26-37-31-32(34)35-25-36-33(31)38)24-42-30(40)22-20-18-16-14-12-10-8-6-4-2/h25-26,28H,3-24,27H2,1-2H3,(H2,34,35,36). The molecule has 244 valence electrons. The summed E-state index contributed by atoms with van der Waals surface area (Å²) in [6.07, 6.45) is 24.4. The normalized spacial score (nSPS) is 11.4. The van der Waals surface area contributed by atoms with E-state index in [4.69, 9.17) is 19.9 Å². The molecule has 0 amide bonds. The minimum absolute atomic E-state index is 0.00528. The van der Waals surface area contributed by atoms with Crippen LogP contribution < -0.4 is 5.73 Å². The fourth-order valence-electron chi connectivity index (χ4n) is 5.00. The van der Waals surface area contributed by atoms with E-state index >= 15 is 0 Å². The maximum absolute atomic E-state index is 12.4. The summed E-state index contributed by atoms with van der Waals surface area (Å²) in [5, 5.41) is 0. The molecule has 0 radical (unpaired) electrons. The van der Waals surface area contributed by atoms with Crippen molar-refractivity contribution >= 4 is 28.9 Å². The third kappa shape index (κ3) is 16.6. The van der Waals surface area contributed by atoms with Crippen molar-refractivity contribution in [1.29, 1.82) is 0 Å². The first-order valence-corrected chi connectivity index (χ1v) is 16.9. The van der Waals surface area contributed by atoms with Gasteiger partial charge >= 0.3 is 11.9 Å². The lowest BCUT2D eigenvalue weighted by atomic mass is 10.1. The topological polar surface area (TPSA) is 131 Å². The van der Waals surface area contributed by atoms with Crippen LogP contribution in [0.2, 0.25) is 0 Å². The molecule has 0 bridgehead atoms. The van der Waals surface area contributed by atoms with E-state index in [0.29, 0.717) is 24.0 Å². The van der Waals surface area contributed by atoms with Gasteiger partial charge in [0.05, 0.1) is 6.33 Å². The van der Waals surface area contributed by atoms with Gasteiger partial charge in [0.15, 0.2) is 11.5 Å². The van der Waals surface area contributed by atoms with Gasteiger partial charge in [-0.1, -0.05) is 117 Å². The maximum Gasteiger partial charge on any atom is 0.305 e. The average molecular weight is 604 g/mol. The second-order valence-corrected chi connectivity index (χ2v) is 11.6. The van der Waals surface area contributed by atoms with Crippen LogP contribution in [0.3, 0.4) is 0 Å². The zero-order valence-corrected chi connectivity index (χ0v) is 26.9. The number of nitrogens with two attached hydrogens (primary N) is 1. The van der Waals surface area contributed by atoms with Crippen LogP contribution in [0.4, 0.5) is 5.82 Å². The molecule has 0 aromatic carbocycles. The summed E-state index contributed by atoms with van der Waals surface area (Å²) in [4.78, 5) is 37.3. The first kappa shape index (κ1) is 36.4. The first-order valence-electron chi connectivity index (χ1n) is 16.9. The smallest absolute Gasteiger partial charge is 0.305 e. The molecule has 10 nitrogen and oxygen atoms in total. The Morgan fingerprint density at radius 2 is 1.16 bits per heavy atom. The lowest BCUT2D eigenvalue weighted by Crippen LogP contribution is -2.29. The number of anilines is 1. The molecule has 2 heterocycles. The van der Waals surface area contributed by atoms with Crippen molar-refractivity contribution in [3.63, 3.8) is 0 Å². The summed E-state index contributed by atoms with van der Waals surface area (Å²) < 4.78 is 18.7. The van der Waals surface area contributed by atoms with E-state index < -0.39 is 6.10 Å². The van der Waals surface area contributed by atoms with Gasteiger partial charge < -0.3 is 19.9 Å². The molecule has 0 aliphatic carbocycles. The number of carbonyl (C=O) groups excluding carboxylic acids is 2. The van der Waals surface area contributed by atoms with Gasteiger partial charge in [-0.2, -0.15) is 0 Å². The van der Waals surface area contributed by atoms with E-state index in [-0.39, 0.29) is 37.7 Å². The quantitative estimate of drug-likeness (QED) is 0.0806. The van der Waals surface area contributed by atoms with Crippen LogP contribution in [0.1, 0.15) is 142 Å². The Bertz CT molecular complexity index is 977. The highest BCUT2D eigenvalue weighted by molar-refractivity contribution is 5.81. The maximum atomic E-state index is 12.4. The van der Waals surface area contributed by atoms with Crippen molar-refractivity contribution in [2.45, 2.75) is 155 Å². The SMILES string of the molecule is CCCCCCCCCCCC(=O)OCC(COC(=O)CCCCCCCCCCC)OCn1cnc2c(N)ncnc21. The van der Waals surface area contributed by atoms with Crippen molar-refractivity contribution < 1.29 is 23.8 Å². The first-order chi connectivity index (χ1) is 21.0. The summed E-state index contributed by atoms with van der Waals surface area (Å²) in [5.74, 6) is -0.228. The molecule has 2 N–H and O–H groups in total.